The number of anilines is 1. The van der Waals surface area contributed by atoms with Crippen molar-refractivity contribution in [1.29, 1.82) is 0 Å². The Labute approximate surface area is 75.5 Å². The molecule has 0 atom stereocenters. The van der Waals surface area contributed by atoms with Crippen molar-refractivity contribution >= 4 is 5.69 Å². The van der Waals surface area contributed by atoms with Crippen LogP contribution in [0.4, 0.5) is 10.1 Å². The van der Waals surface area contributed by atoms with E-state index < -0.39 is 0 Å². The summed E-state index contributed by atoms with van der Waals surface area (Å²) in [6.45, 7) is 1.31. The van der Waals surface area contributed by atoms with Crippen LogP contribution in [-0.2, 0) is 0 Å². The van der Waals surface area contributed by atoms with Crippen molar-refractivity contribution in [1.82, 2.24) is 0 Å². The molecule has 0 unspecified atom stereocenters. The fourth-order valence-corrected chi connectivity index (χ4v) is 1.30. The lowest BCUT2D eigenvalue weighted by Crippen LogP contribution is -2.18. The van der Waals surface area contributed by atoms with E-state index in [1.54, 1.807) is 6.07 Å². The number of benzene rings is 1. The highest BCUT2D eigenvalue weighted by Crippen LogP contribution is 2.33. The summed E-state index contributed by atoms with van der Waals surface area (Å²) < 4.78 is 23.3. The van der Waals surface area contributed by atoms with Crippen LogP contribution in [0.2, 0.25) is 0 Å². The molecule has 1 N–H and O–H groups in total. The van der Waals surface area contributed by atoms with Gasteiger partial charge in [0.05, 0.1) is 12.8 Å². The van der Waals surface area contributed by atoms with Crippen molar-refractivity contribution in [2.75, 3.05) is 25.6 Å². The van der Waals surface area contributed by atoms with Crippen LogP contribution in [0.25, 0.3) is 0 Å². The van der Waals surface area contributed by atoms with Crippen molar-refractivity contribution in [3.05, 3.63) is 17.9 Å². The molecule has 3 nitrogen and oxygen atoms in total. The maximum atomic E-state index is 13.2. The summed E-state index contributed by atoms with van der Waals surface area (Å²) in [6, 6.07) is 2.93. The predicted octanol–water partition coefficient (Wildman–Crippen LogP) is 1.64. The monoisotopic (exact) mass is 183 g/mol. The number of rotatable bonds is 1. The van der Waals surface area contributed by atoms with E-state index in [9.17, 15) is 4.39 Å². The number of hydrogen-bond donors (Lipinski definition) is 1. The summed E-state index contributed by atoms with van der Waals surface area (Å²) in [5, 5.41) is 3.03. The van der Waals surface area contributed by atoms with Crippen LogP contribution in [0.15, 0.2) is 12.1 Å². The summed E-state index contributed by atoms with van der Waals surface area (Å²) in [4.78, 5) is 0. The van der Waals surface area contributed by atoms with Crippen LogP contribution in [0.5, 0.6) is 11.5 Å². The van der Waals surface area contributed by atoms with E-state index >= 15 is 0 Å². The van der Waals surface area contributed by atoms with Gasteiger partial charge in [0.15, 0.2) is 11.6 Å². The standard InChI is InChI=1S/C9H10FNO2/c1-12-8-5-9-7(4-6(8)10)11-2-3-13-9/h4-5,11H,2-3H2,1H3. The average molecular weight is 183 g/mol. The first kappa shape index (κ1) is 8.16. The molecule has 0 fully saturated rings. The topological polar surface area (TPSA) is 30.5 Å². The molecule has 0 saturated carbocycles. The van der Waals surface area contributed by atoms with Crippen molar-refractivity contribution in [2.24, 2.45) is 0 Å². The fourth-order valence-electron chi connectivity index (χ4n) is 1.30. The molecule has 0 spiro atoms. The molecule has 2 rings (SSSR count). The van der Waals surface area contributed by atoms with Gasteiger partial charge in [-0.3, -0.25) is 0 Å². The molecular weight excluding hydrogens is 173 g/mol. The summed E-state index contributed by atoms with van der Waals surface area (Å²) in [5.74, 6) is 0.478. The SMILES string of the molecule is COc1cc2c(cc1F)NCCO2. The molecule has 0 aromatic heterocycles. The molecule has 0 amide bonds. The van der Waals surface area contributed by atoms with E-state index in [-0.39, 0.29) is 11.6 Å². The molecule has 0 aliphatic carbocycles. The highest BCUT2D eigenvalue weighted by atomic mass is 19.1. The van der Waals surface area contributed by atoms with Crippen molar-refractivity contribution in [3.63, 3.8) is 0 Å². The van der Waals surface area contributed by atoms with Gasteiger partial charge >= 0.3 is 0 Å². The van der Waals surface area contributed by atoms with Gasteiger partial charge in [-0.1, -0.05) is 0 Å². The molecule has 0 bridgehead atoms. The fraction of sp³-hybridized carbons (Fsp3) is 0.333. The zero-order valence-corrected chi connectivity index (χ0v) is 7.26. The average Bonchev–Trinajstić information content (AvgIpc) is 2.17. The number of fused-ring (bicyclic) bond motifs is 1. The van der Waals surface area contributed by atoms with Gasteiger partial charge in [-0.15, -0.1) is 0 Å². The van der Waals surface area contributed by atoms with Gasteiger partial charge in [0.2, 0.25) is 0 Å². The molecule has 70 valence electrons. The maximum Gasteiger partial charge on any atom is 0.167 e. The summed E-state index contributed by atoms with van der Waals surface area (Å²) in [5.41, 5.74) is 0.685. The Balaban J connectivity index is 2.44. The third-order valence-corrected chi connectivity index (χ3v) is 1.93. The molecule has 1 aliphatic heterocycles. The van der Waals surface area contributed by atoms with Gasteiger partial charge in [0, 0.05) is 18.7 Å². The van der Waals surface area contributed by atoms with Crippen LogP contribution in [0.1, 0.15) is 0 Å². The summed E-state index contributed by atoms with van der Waals surface area (Å²) in [6.07, 6.45) is 0. The molecule has 4 heteroatoms. The summed E-state index contributed by atoms with van der Waals surface area (Å²) in [7, 11) is 1.43. The highest BCUT2D eigenvalue weighted by Gasteiger charge is 2.14. The lowest BCUT2D eigenvalue weighted by Gasteiger charge is -2.19. The van der Waals surface area contributed by atoms with Gasteiger partial charge in [0.1, 0.15) is 12.4 Å². The van der Waals surface area contributed by atoms with E-state index in [1.165, 1.54) is 13.2 Å². The van der Waals surface area contributed by atoms with Crippen LogP contribution >= 0.6 is 0 Å². The van der Waals surface area contributed by atoms with Crippen LogP contribution in [0.3, 0.4) is 0 Å². The molecule has 1 heterocycles. The van der Waals surface area contributed by atoms with Crippen molar-refractivity contribution in [2.45, 2.75) is 0 Å². The van der Waals surface area contributed by atoms with E-state index in [2.05, 4.69) is 5.32 Å². The van der Waals surface area contributed by atoms with Crippen LogP contribution in [0, 0.1) is 5.82 Å². The lowest BCUT2D eigenvalue weighted by molar-refractivity contribution is 0.317. The third kappa shape index (κ3) is 1.39. The van der Waals surface area contributed by atoms with E-state index in [0.29, 0.717) is 24.6 Å². The Morgan fingerprint density at radius 1 is 1.54 bits per heavy atom. The van der Waals surface area contributed by atoms with Gasteiger partial charge < -0.3 is 14.8 Å². The van der Waals surface area contributed by atoms with Crippen LogP contribution in [-0.4, -0.2) is 20.3 Å². The minimum atomic E-state index is -0.376. The van der Waals surface area contributed by atoms with Gasteiger partial charge in [-0.05, 0) is 0 Å². The van der Waals surface area contributed by atoms with Crippen molar-refractivity contribution in [3.8, 4) is 11.5 Å². The molecule has 1 aromatic carbocycles. The van der Waals surface area contributed by atoms with Gasteiger partial charge in [-0.25, -0.2) is 4.39 Å². The Morgan fingerprint density at radius 2 is 2.38 bits per heavy atom. The Hall–Kier alpha value is -1.45. The zero-order chi connectivity index (χ0) is 9.26. The van der Waals surface area contributed by atoms with E-state index in [0.717, 1.165) is 0 Å². The number of methoxy groups -OCH3 is 1. The second-order valence-electron chi connectivity index (χ2n) is 2.76. The van der Waals surface area contributed by atoms with Crippen LogP contribution < -0.4 is 14.8 Å². The molecule has 13 heavy (non-hydrogen) atoms. The van der Waals surface area contributed by atoms with Gasteiger partial charge in [0.25, 0.3) is 0 Å². The lowest BCUT2D eigenvalue weighted by atomic mass is 10.2. The first-order valence-electron chi connectivity index (χ1n) is 4.05. The second-order valence-corrected chi connectivity index (χ2v) is 2.76. The molecule has 1 aliphatic rings. The quantitative estimate of drug-likeness (QED) is 0.717. The zero-order valence-electron chi connectivity index (χ0n) is 7.26. The first-order chi connectivity index (χ1) is 6.31. The maximum absolute atomic E-state index is 13.2. The summed E-state index contributed by atoms with van der Waals surface area (Å²) >= 11 is 0. The Bertz CT molecular complexity index is 328. The normalized spacial score (nSPS) is 14.0. The van der Waals surface area contributed by atoms with E-state index in [4.69, 9.17) is 9.47 Å². The Morgan fingerprint density at radius 3 is 3.15 bits per heavy atom. The van der Waals surface area contributed by atoms with Gasteiger partial charge in [-0.2, -0.15) is 0 Å². The predicted molar refractivity (Wildman–Crippen MR) is 46.9 cm³/mol. The number of ether oxygens (including phenoxy) is 2. The second kappa shape index (κ2) is 3.12. The first-order valence-corrected chi connectivity index (χ1v) is 4.05. The minimum absolute atomic E-state index is 0.211. The largest absolute Gasteiger partial charge is 0.494 e. The molecule has 0 saturated heterocycles. The van der Waals surface area contributed by atoms with E-state index in [1.807, 2.05) is 0 Å². The highest BCUT2D eigenvalue weighted by molar-refractivity contribution is 5.60. The number of nitrogens with one attached hydrogen (secondary N) is 1. The number of halogens is 1. The molecule has 0 radical (unpaired) electrons. The third-order valence-electron chi connectivity index (χ3n) is 1.93. The molecule has 1 aromatic rings. The number of hydrogen-bond acceptors (Lipinski definition) is 3. The minimum Gasteiger partial charge on any atom is -0.494 e. The van der Waals surface area contributed by atoms with Crippen molar-refractivity contribution < 1.29 is 13.9 Å². The Kier molecular flexibility index (Phi) is 1.96. The molecular formula is C9H10FNO2. The smallest absolute Gasteiger partial charge is 0.167 e.